The van der Waals surface area contributed by atoms with E-state index in [4.69, 9.17) is 10.00 Å². The van der Waals surface area contributed by atoms with Crippen molar-refractivity contribution in [2.75, 3.05) is 13.7 Å². The normalized spacial score (nSPS) is 13.9. The largest absolute Gasteiger partial charge is 0.490 e. The lowest BCUT2D eigenvalue weighted by atomic mass is 10.1. The second-order valence-corrected chi connectivity index (χ2v) is 3.89. The highest BCUT2D eigenvalue weighted by molar-refractivity contribution is 5.28. The maximum absolute atomic E-state index is 13.2. The van der Waals surface area contributed by atoms with Crippen LogP contribution in [0.15, 0.2) is 18.2 Å². The summed E-state index contributed by atoms with van der Waals surface area (Å²) < 4.78 is 18.6. The molecule has 0 amide bonds. The quantitative estimate of drug-likeness (QED) is 0.847. The Morgan fingerprint density at radius 1 is 1.56 bits per heavy atom. The molecule has 1 aromatic rings. The molecule has 0 aliphatic heterocycles. The Labute approximate surface area is 94.8 Å². The van der Waals surface area contributed by atoms with Crippen LogP contribution in [0, 0.1) is 24.1 Å². The van der Waals surface area contributed by atoms with Crippen molar-refractivity contribution >= 4 is 0 Å². The van der Waals surface area contributed by atoms with Crippen molar-refractivity contribution in [2.45, 2.75) is 19.4 Å². The number of benzene rings is 1. The average Bonchev–Trinajstić information content (AvgIpc) is 2.30. The van der Waals surface area contributed by atoms with Crippen LogP contribution < -0.4 is 10.1 Å². The van der Waals surface area contributed by atoms with Crippen molar-refractivity contribution in [1.29, 1.82) is 5.26 Å². The summed E-state index contributed by atoms with van der Waals surface area (Å²) in [5.74, 6) is 0.125. The van der Waals surface area contributed by atoms with Crippen LogP contribution in [-0.4, -0.2) is 19.2 Å². The summed E-state index contributed by atoms with van der Waals surface area (Å²) >= 11 is 0. The fourth-order valence-electron chi connectivity index (χ4n) is 1.05. The molecule has 0 spiro atoms. The molecule has 0 heterocycles. The standard InChI is InChI=1S/C12H15FN2O/c1-9-4-5-10(6-11(9)13)16-8-12(2,7-14)15-3/h4-6,15H,8H2,1-3H3. The molecule has 0 radical (unpaired) electrons. The van der Waals surface area contributed by atoms with Gasteiger partial charge in [0, 0.05) is 6.07 Å². The van der Waals surface area contributed by atoms with Crippen LogP contribution in [0.5, 0.6) is 5.75 Å². The molecule has 86 valence electrons. The number of halogens is 1. The molecule has 4 heteroatoms. The number of nitriles is 1. The summed E-state index contributed by atoms with van der Waals surface area (Å²) in [6.07, 6.45) is 0. The zero-order valence-electron chi connectivity index (χ0n) is 9.67. The fraction of sp³-hybridized carbons (Fsp3) is 0.417. The Kier molecular flexibility index (Phi) is 3.86. The Hall–Kier alpha value is -1.60. The molecule has 0 bridgehead atoms. The first-order valence-electron chi connectivity index (χ1n) is 5.00. The summed E-state index contributed by atoms with van der Waals surface area (Å²) in [6, 6.07) is 6.75. The van der Waals surface area contributed by atoms with Gasteiger partial charge in [0.05, 0.1) is 6.07 Å². The van der Waals surface area contributed by atoms with Crippen molar-refractivity contribution in [3.8, 4) is 11.8 Å². The molecule has 1 N–H and O–H groups in total. The third-order valence-electron chi connectivity index (χ3n) is 2.47. The minimum absolute atomic E-state index is 0.169. The van der Waals surface area contributed by atoms with Crippen molar-refractivity contribution in [2.24, 2.45) is 0 Å². The lowest BCUT2D eigenvalue weighted by Crippen LogP contribution is -2.43. The predicted octanol–water partition coefficient (Wildman–Crippen LogP) is 2.01. The third-order valence-corrected chi connectivity index (χ3v) is 2.47. The Morgan fingerprint density at radius 3 is 2.75 bits per heavy atom. The van der Waals surface area contributed by atoms with Gasteiger partial charge in [0.1, 0.15) is 23.7 Å². The molecule has 0 fully saturated rings. The van der Waals surface area contributed by atoms with Crippen molar-refractivity contribution in [1.82, 2.24) is 5.32 Å². The van der Waals surface area contributed by atoms with E-state index in [2.05, 4.69) is 11.4 Å². The Bertz CT molecular complexity index is 414. The number of aryl methyl sites for hydroxylation is 1. The maximum atomic E-state index is 13.2. The predicted molar refractivity (Wildman–Crippen MR) is 59.7 cm³/mol. The molecule has 0 aromatic heterocycles. The number of hydrogen-bond acceptors (Lipinski definition) is 3. The summed E-state index contributed by atoms with van der Waals surface area (Å²) in [6.45, 7) is 3.58. The van der Waals surface area contributed by atoms with Gasteiger partial charge in [-0.15, -0.1) is 0 Å². The SMILES string of the molecule is CNC(C)(C#N)COc1ccc(C)c(F)c1. The Balaban J connectivity index is 2.69. The van der Waals surface area contributed by atoms with E-state index >= 15 is 0 Å². The number of rotatable bonds is 4. The molecule has 16 heavy (non-hydrogen) atoms. The number of likely N-dealkylation sites (N-methyl/N-ethyl adjacent to an activating group) is 1. The molecule has 1 rings (SSSR count). The second kappa shape index (κ2) is 4.95. The average molecular weight is 222 g/mol. The number of nitrogens with one attached hydrogen (secondary N) is 1. The molecule has 1 aromatic carbocycles. The summed E-state index contributed by atoms with van der Waals surface area (Å²) in [5, 5.41) is 11.7. The van der Waals surface area contributed by atoms with Crippen LogP contribution >= 0.6 is 0 Å². The van der Waals surface area contributed by atoms with E-state index in [1.165, 1.54) is 6.07 Å². The van der Waals surface area contributed by atoms with Gasteiger partial charge >= 0.3 is 0 Å². The zero-order chi connectivity index (χ0) is 12.2. The van der Waals surface area contributed by atoms with E-state index in [-0.39, 0.29) is 12.4 Å². The van der Waals surface area contributed by atoms with E-state index in [1.807, 2.05) is 0 Å². The van der Waals surface area contributed by atoms with Crippen LogP contribution in [0.3, 0.4) is 0 Å². The molecule has 3 nitrogen and oxygen atoms in total. The lowest BCUT2D eigenvalue weighted by molar-refractivity contribution is 0.241. The highest BCUT2D eigenvalue weighted by Gasteiger charge is 2.22. The topological polar surface area (TPSA) is 45.0 Å². The van der Waals surface area contributed by atoms with Gasteiger partial charge in [-0.2, -0.15) is 5.26 Å². The first-order chi connectivity index (χ1) is 7.50. The van der Waals surface area contributed by atoms with Gasteiger partial charge in [-0.25, -0.2) is 4.39 Å². The van der Waals surface area contributed by atoms with Crippen LogP contribution in [0.2, 0.25) is 0 Å². The molecule has 1 atom stereocenters. The van der Waals surface area contributed by atoms with Crippen LogP contribution in [0.1, 0.15) is 12.5 Å². The van der Waals surface area contributed by atoms with E-state index < -0.39 is 5.54 Å². The monoisotopic (exact) mass is 222 g/mol. The Morgan fingerprint density at radius 2 is 2.25 bits per heavy atom. The van der Waals surface area contributed by atoms with Gasteiger partial charge < -0.3 is 4.74 Å². The van der Waals surface area contributed by atoms with Gasteiger partial charge in [0.2, 0.25) is 0 Å². The maximum Gasteiger partial charge on any atom is 0.137 e. The molecule has 0 saturated heterocycles. The number of nitrogens with zero attached hydrogens (tertiary/aromatic N) is 1. The molecule has 1 unspecified atom stereocenters. The first kappa shape index (κ1) is 12.5. The van der Waals surface area contributed by atoms with Gasteiger partial charge in [-0.3, -0.25) is 5.32 Å². The van der Waals surface area contributed by atoms with E-state index in [9.17, 15) is 4.39 Å². The molecule has 0 aliphatic rings. The van der Waals surface area contributed by atoms with E-state index in [1.54, 1.807) is 33.0 Å². The van der Waals surface area contributed by atoms with Gasteiger partial charge in [0.25, 0.3) is 0 Å². The van der Waals surface area contributed by atoms with Gasteiger partial charge in [0.15, 0.2) is 0 Å². The van der Waals surface area contributed by atoms with Crippen molar-refractivity contribution < 1.29 is 9.13 Å². The molecule has 0 saturated carbocycles. The summed E-state index contributed by atoms with van der Waals surface area (Å²) in [5.41, 5.74) is -0.189. The third kappa shape index (κ3) is 2.94. The minimum atomic E-state index is -0.763. The lowest BCUT2D eigenvalue weighted by Gasteiger charge is -2.20. The van der Waals surface area contributed by atoms with Gasteiger partial charge in [-0.1, -0.05) is 6.07 Å². The zero-order valence-corrected chi connectivity index (χ0v) is 9.67. The molecule has 0 aliphatic carbocycles. The summed E-state index contributed by atoms with van der Waals surface area (Å²) in [7, 11) is 1.68. The second-order valence-electron chi connectivity index (χ2n) is 3.89. The summed E-state index contributed by atoms with van der Waals surface area (Å²) in [4.78, 5) is 0. The number of hydrogen-bond donors (Lipinski definition) is 1. The highest BCUT2D eigenvalue weighted by Crippen LogP contribution is 2.17. The fourth-order valence-corrected chi connectivity index (χ4v) is 1.05. The number of ether oxygens (including phenoxy) is 1. The highest BCUT2D eigenvalue weighted by atomic mass is 19.1. The molecular formula is C12H15FN2O. The molecular weight excluding hydrogens is 207 g/mol. The van der Waals surface area contributed by atoms with E-state index in [0.29, 0.717) is 11.3 Å². The van der Waals surface area contributed by atoms with Crippen molar-refractivity contribution in [3.05, 3.63) is 29.6 Å². The first-order valence-corrected chi connectivity index (χ1v) is 5.00. The van der Waals surface area contributed by atoms with Crippen molar-refractivity contribution in [3.63, 3.8) is 0 Å². The van der Waals surface area contributed by atoms with Crippen LogP contribution in [0.4, 0.5) is 4.39 Å². The smallest absolute Gasteiger partial charge is 0.137 e. The minimum Gasteiger partial charge on any atom is -0.490 e. The van der Waals surface area contributed by atoms with Crippen LogP contribution in [-0.2, 0) is 0 Å². The van der Waals surface area contributed by atoms with Crippen LogP contribution in [0.25, 0.3) is 0 Å². The van der Waals surface area contributed by atoms with E-state index in [0.717, 1.165) is 0 Å². The van der Waals surface area contributed by atoms with Gasteiger partial charge in [-0.05, 0) is 32.5 Å².